The Morgan fingerprint density at radius 1 is 0.279 bits per heavy atom. The molecule has 0 amide bonds. The fraction of sp³-hybridized carbons (Fsp3) is 0.800. The van der Waals surface area contributed by atoms with Crippen molar-refractivity contribution in [2.75, 3.05) is 39.3 Å². The van der Waals surface area contributed by atoms with Crippen LogP contribution in [0.5, 0.6) is 0 Å². The molecule has 0 unspecified atom stereocenters. The van der Waals surface area contributed by atoms with Crippen LogP contribution in [-0.4, -0.2) is 90.4 Å². The fourth-order valence-electron chi connectivity index (χ4n) is 1.72. The van der Waals surface area contributed by atoms with Gasteiger partial charge in [-0.2, -0.15) is 25.3 Å². The molecule has 12 nitrogen and oxygen atoms in total. The van der Waals surface area contributed by atoms with Gasteiger partial charge in [0, 0.05) is 39.3 Å². The molecule has 0 aliphatic rings. The van der Waals surface area contributed by atoms with Crippen molar-refractivity contribution in [3.63, 3.8) is 0 Å². The number of hydrogen-bond donors (Lipinski definition) is 6. The predicted octanol–water partition coefficient (Wildman–Crippen LogP) is 4.36. The molecule has 0 aliphatic carbocycles. The standard InChI is InChI=1S/6C5H11NS2.Mo.6OS/c6*1-4(2)3-6-5(7)8;;6*1-2/h6*4H,3H2,1-2H3,(H2,6,7,8);;;;;;;/q;;;;;;+6;;;;;;/p-6. The van der Waals surface area contributed by atoms with Crippen molar-refractivity contribution in [2.24, 2.45) is 35.5 Å². The van der Waals surface area contributed by atoms with Gasteiger partial charge in [-0.3, -0.25) is 0 Å². The van der Waals surface area contributed by atoms with Gasteiger partial charge in [0.25, 0.3) is 0 Å². The molecular formula is C30H60MoN6O6S18. The van der Waals surface area contributed by atoms with Gasteiger partial charge < -0.3 is 181 Å². The number of nitrogens with one attached hydrogen (secondary N) is 6. The van der Waals surface area contributed by atoms with Crippen molar-refractivity contribution in [3.05, 3.63) is 0 Å². The first-order chi connectivity index (χ1) is 27.8. The molecule has 61 heavy (non-hydrogen) atoms. The van der Waals surface area contributed by atoms with Gasteiger partial charge in [-0.25, -0.2) is 0 Å². The molecule has 360 valence electrons. The van der Waals surface area contributed by atoms with Crippen LogP contribution in [0.2, 0.25) is 0 Å². The van der Waals surface area contributed by atoms with Crippen LogP contribution in [0.1, 0.15) is 83.1 Å². The summed E-state index contributed by atoms with van der Waals surface area (Å²) in [4.78, 5) is 0. The Labute approximate surface area is 480 Å². The van der Waals surface area contributed by atoms with E-state index in [4.69, 9.17) is 25.3 Å². The Bertz CT molecular complexity index is 775. The minimum atomic E-state index is 0. The van der Waals surface area contributed by atoms with Crippen molar-refractivity contribution in [1.29, 1.82) is 0 Å². The third-order valence-corrected chi connectivity index (χ3v) is 5.66. The SMILES string of the molecule is CC(C)CNC(=S)[S-].CC(C)CNC(=S)[S-].CC(C)CNC(=S)[S-].CC(C)CNC(=S)[S-].CC(C)CNC(=S)[S-].CC(C)CNC(=S)[S-].O=S.O=S.O=S.O=S.O=S.O=S.[Mo+6]. The van der Waals surface area contributed by atoms with Crippen molar-refractivity contribution < 1.29 is 46.3 Å². The molecule has 0 rings (SSSR count). The van der Waals surface area contributed by atoms with E-state index in [1.165, 1.54) is 0 Å². The van der Waals surface area contributed by atoms with Gasteiger partial charge >= 0.3 is 21.1 Å². The Morgan fingerprint density at radius 2 is 0.344 bits per heavy atom. The summed E-state index contributed by atoms with van der Waals surface area (Å²) >= 11 is 72.4. The molecule has 6 N–H and O–H groups in total. The molecule has 0 saturated heterocycles. The maximum Gasteiger partial charge on any atom is 6.00 e. The van der Waals surface area contributed by atoms with Crippen LogP contribution in [-0.2, 0) is 172 Å². The Hall–Kier alpha value is 1.47. The van der Waals surface area contributed by atoms with Crippen LogP contribution in [0, 0.1) is 35.5 Å². The molecular weight excluding hydrogens is 1210 g/mol. The van der Waals surface area contributed by atoms with Gasteiger partial charge in [-0.15, -0.1) is 0 Å². The van der Waals surface area contributed by atoms with Gasteiger partial charge in [0.2, 0.25) is 0 Å². The zero-order chi connectivity index (χ0) is 51.4. The quantitative estimate of drug-likeness (QED) is 0.0924. The maximum absolute atomic E-state index is 7.83. The van der Waals surface area contributed by atoms with E-state index >= 15 is 0 Å². The van der Waals surface area contributed by atoms with Crippen LogP contribution >= 0.6 is 73.3 Å². The van der Waals surface area contributed by atoms with Crippen molar-refractivity contribution in [2.45, 2.75) is 83.1 Å². The molecule has 0 spiro atoms. The van der Waals surface area contributed by atoms with Crippen LogP contribution < -0.4 is 31.9 Å². The molecule has 0 bridgehead atoms. The van der Waals surface area contributed by atoms with Crippen LogP contribution in [0.15, 0.2) is 0 Å². The number of rotatable bonds is 12. The minimum absolute atomic E-state index is 0. The molecule has 0 aliphatic heterocycles. The summed E-state index contributed by atoms with van der Waals surface area (Å²) in [5.41, 5.74) is 0. The Morgan fingerprint density at radius 3 is 0.361 bits per heavy atom. The van der Waals surface area contributed by atoms with Gasteiger partial charge in [0.05, 0.1) is 0 Å². The molecule has 0 radical (unpaired) electrons. The molecule has 0 aromatic carbocycles. The first-order valence-corrected chi connectivity index (χ1v) is 23.3. The van der Waals surface area contributed by atoms with Gasteiger partial charge in [0.1, 0.15) is 0 Å². The minimum Gasteiger partial charge on any atom is -0.412 e. The third kappa shape index (κ3) is 220. The molecule has 0 aromatic heterocycles. The van der Waals surface area contributed by atoms with Gasteiger partial charge in [-0.05, 0) is 35.5 Å². The van der Waals surface area contributed by atoms with Crippen molar-refractivity contribution in [1.82, 2.24) is 31.9 Å². The molecule has 31 heteroatoms. The van der Waals surface area contributed by atoms with Gasteiger partial charge in [0.15, 0.2) is 75.2 Å². The monoisotopic (exact) mass is 1270 g/mol. The van der Waals surface area contributed by atoms with E-state index in [9.17, 15) is 0 Å². The average Bonchev–Trinajstić information content (AvgIpc) is 3.19. The zero-order valence-corrected chi connectivity index (χ0v) is 52.6. The Balaban J connectivity index is -0.0000000390. The smallest absolute Gasteiger partial charge is 0.412 e. The topological polar surface area (TPSA) is 175 Å². The second-order valence-corrected chi connectivity index (χ2v) is 18.8. The van der Waals surface area contributed by atoms with Gasteiger partial charge in [-0.1, -0.05) is 109 Å². The summed E-state index contributed by atoms with van der Waals surface area (Å²) in [6.45, 7) is 30.7. The zero-order valence-electron chi connectivity index (χ0n) is 35.9. The van der Waals surface area contributed by atoms with E-state index in [-0.39, 0.29) is 21.1 Å². The van der Waals surface area contributed by atoms with E-state index in [0.717, 1.165) is 39.3 Å². The largest absolute Gasteiger partial charge is 6.00 e. The summed E-state index contributed by atoms with van der Waals surface area (Å²) in [5, 5.41) is 17.3. The first kappa shape index (κ1) is 96.5. The van der Waals surface area contributed by atoms with E-state index < -0.39 is 0 Å². The molecule has 0 atom stereocenters. The third-order valence-electron chi connectivity index (χ3n) is 3.93. The maximum atomic E-state index is 7.83. The van der Waals surface area contributed by atoms with Crippen molar-refractivity contribution >= 4 is 250 Å². The second kappa shape index (κ2) is 91.8. The van der Waals surface area contributed by atoms with Crippen LogP contribution in [0.3, 0.4) is 0 Å². The summed E-state index contributed by atoms with van der Waals surface area (Å²) in [6, 6.07) is 0. The van der Waals surface area contributed by atoms with E-state index in [1.807, 2.05) is 0 Å². The Kier molecular flexibility index (Phi) is 145. The van der Waals surface area contributed by atoms with Crippen LogP contribution in [0.4, 0.5) is 0 Å². The normalized spacial score (nSPS) is 7.77. The van der Waals surface area contributed by atoms with Crippen LogP contribution in [0.25, 0.3) is 0 Å². The van der Waals surface area contributed by atoms with E-state index in [2.05, 4.69) is 339 Å². The summed E-state index contributed by atoms with van der Waals surface area (Å²) < 4.78 is 49.8. The number of thiocarbonyl (C=S) groups is 6. The second-order valence-electron chi connectivity index (χ2n) is 12.4. The first-order valence-electron chi connectivity index (χ1n) is 16.4. The summed E-state index contributed by atoms with van der Waals surface area (Å²) in [7, 11) is 0. The molecule has 0 aromatic rings. The molecule has 0 heterocycles. The molecule has 0 fully saturated rings. The fourth-order valence-corrected chi connectivity index (χ4v) is 2.72. The van der Waals surface area contributed by atoms with E-state index in [0.29, 0.717) is 61.4 Å². The van der Waals surface area contributed by atoms with Crippen molar-refractivity contribution in [3.8, 4) is 0 Å². The summed E-state index contributed by atoms with van der Waals surface area (Å²) in [6.07, 6.45) is 0. The predicted molar refractivity (Wildman–Crippen MR) is 306 cm³/mol. The van der Waals surface area contributed by atoms with E-state index in [1.54, 1.807) is 0 Å². The molecule has 0 saturated carbocycles. The average molecular weight is 1270 g/mol. The number of hydrogen-bond acceptors (Lipinski definition) is 24. The summed E-state index contributed by atoms with van der Waals surface area (Å²) in [5.74, 6) is 3.73.